The van der Waals surface area contributed by atoms with E-state index < -0.39 is 0 Å². The Bertz CT molecular complexity index is 183. The Kier molecular flexibility index (Phi) is 7.70. The quantitative estimate of drug-likeness (QED) is 0.684. The van der Waals surface area contributed by atoms with Crippen LogP contribution in [0.5, 0.6) is 0 Å². The van der Waals surface area contributed by atoms with Crippen molar-refractivity contribution in [3.05, 3.63) is 0 Å². The van der Waals surface area contributed by atoms with Crippen LogP contribution in [0, 0.1) is 11.8 Å². The van der Waals surface area contributed by atoms with E-state index in [9.17, 15) is 0 Å². The van der Waals surface area contributed by atoms with Gasteiger partial charge >= 0.3 is 0 Å². The maximum Gasteiger partial charge on any atom is 0.166 e. The molecule has 0 spiro atoms. The van der Waals surface area contributed by atoms with Crippen molar-refractivity contribution in [1.29, 1.82) is 0 Å². The molecule has 90 valence electrons. The van der Waals surface area contributed by atoms with Crippen LogP contribution in [0.3, 0.4) is 0 Å². The molecule has 0 aromatic carbocycles. The first kappa shape index (κ1) is 14.6. The van der Waals surface area contributed by atoms with Gasteiger partial charge in [0.25, 0.3) is 0 Å². The predicted octanol–water partition coefficient (Wildman–Crippen LogP) is 1.78. The van der Waals surface area contributed by atoms with E-state index in [1.807, 2.05) is 0 Å². The van der Waals surface area contributed by atoms with E-state index in [-0.39, 0.29) is 6.04 Å². The normalized spacial score (nSPS) is 13.0. The van der Waals surface area contributed by atoms with Crippen LogP contribution in [0.2, 0.25) is 0 Å². The Morgan fingerprint density at radius 2 is 1.87 bits per heavy atom. The monoisotopic (exact) mass is 232 g/mol. The Balaban J connectivity index is 3.89. The SMILES string of the molecule is COCC(NC(=S)NCC(C)C)C(C)C. The van der Waals surface area contributed by atoms with Gasteiger partial charge in [-0.2, -0.15) is 0 Å². The fourth-order valence-corrected chi connectivity index (χ4v) is 1.33. The smallest absolute Gasteiger partial charge is 0.166 e. The van der Waals surface area contributed by atoms with Crippen molar-refractivity contribution in [2.45, 2.75) is 33.7 Å². The number of rotatable bonds is 6. The zero-order chi connectivity index (χ0) is 11.8. The highest BCUT2D eigenvalue weighted by Gasteiger charge is 2.13. The zero-order valence-corrected chi connectivity index (χ0v) is 11.3. The second-order valence-corrected chi connectivity index (χ2v) is 4.96. The summed E-state index contributed by atoms with van der Waals surface area (Å²) in [4.78, 5) is 0. The molecule has 0 saturated heterocycles. The molecule has 0 rings (SSSR count). The third-order valence-corrected chi connectivity index (χ3v) is 2.40. The fourth-order valence-electron chi connectivity index (χ4n) is 1.10. The van der Waals surface area contributed by atoms with Gasteiger partial charge < -0.3 is 15.4 Å². The third-order valence-electron chi connectivity index (χ3n) is 2.14. The van der Waals surface area contributed by atoms with Gasteiger partial charge in [-0.3, -0.25) is 0 Å². The summed E-state index contributed by atoms with van der Waals surface area (Å²) in [6, 6.07) is 0.280. The van der Waals surface area contributed by atoms with Crippen LogP contribution >= 0.6 is 12.2 Å². The van der Waals surface area contributed by atoms with Crippen molar-refractivity contribution in [2.75, 3.05) is 20.3 Å². The van der Waals surface area contributed by atoms with Crippen LogP contribution in [0.4, 0.5) is 0 Å². The first-order valence-corrected chi connectivity index (χ1v) is 5.91. The molecule has 0 aliphatic heterocycles. The van der Waals surface area contributed by atoms with E-state index in [1.165, 1.54) is 0 Å². The predicted molar refractivity (Wildman–Crippen MR) is 69.1 cm³/mol. The Labute approximate surface area is 99.0 Å². The molecule has 0 bridgehead atoms. The van der Waals surface area contributed by atoms with Crippen LogP contribution < -0.4 is 10.6 Å². The van der Waals surface area contributed by atoms with E-state index in [1.54, 1.807) is 7.11 Å². The highest BCUT2D eigenvalue weighted by Crippen LogP contribution is 2.01. The van der Waals surface area contributed by atoms with E-state index in [0.717, 1.165) is 11.7 Å². The molecular formula is C11H24N2OS. The zero-order valence-electron chi connectivity index (χ0n) is 10.5. The third kappa shape index (κ3) is 7.56. The van der Waals surface area contributed by atoms with Gasteiger partial charge in [0.1, 0.15) is 0 Å². The second-order valence-electron chi connectivity index (χ2n) is 4.55. The summed E-state index contributed by atoms with van der Waals surface area (Å²) < 4.78 is 5.14. The number of hydrogen-bond donors (Lipinski definition) is 2. The van der Waals surface area contributed by atoms with Gasteiger partial charge in [-0.05, 0) is 24.1 Å². The molecule has 0 aromatic heterocycles. The van der Waals surface area contributed by atoms with Gasteiger partial charge in [-0.15, -0.1) is 0 Å². The van der Waals surface area contributed by atoms with Crippen molar-refractivity contribution in [3.8, 4) is 0 Å². The molecule has 0 aliphatic carbocycles. The lowest BCUT2D eigenvalue weighted by Gasteiger charge is -2.23. The summed E-state index contributed by atoms with van der Waals surface area (Å²) in [7, 11) is 1.71. The van der Waals surface area contributed by atoms with E-state index in [0.29, 0.717) is 18.4 Å². The van der Waals surface area contributed by atoms with Crippen molar-refractivity contribution in [1.82, 2.24) is 10.6 Å². The number of methoxy groups -OCH3 is 1. The van der Waals surface area contributed by atoms with Crippen molar-refractivity contribution >= 4 is 17.3 Å². The number of hydrogen-bond acceptors (Lipinski definition) is 2. The van der Waals surface area contributed by atoms with Crippen molar-refractivity contribution < 1.29 is 4.74 Å². The van der Waals surface area contributed by atoms with Gasteiger partial charge in [0, 0.05) is 13.7 Å². The van der Waals surface area contributed by atoms with Crippen LogP contribution in [0.1, 0.15) is 27.7 Å². The molecule has 0 aliphatic rings. The highest BCUT2D eigenvalue weighted by atomic mass is 32.1. The summed E-state index contributed by atoms with van der Waals surface area (Å²) in [5.41, 5.74) is 0. The molecule has 0 heterocycles. The lowest BCUT2D eigenvalue weighted by atomic mass is 10.1. The van der Waals surface area contributed by atoms with Crippen LogP contribution in [0.15, 0.2) is 0 Å². The molecule has 0 radical (unpaired) electrons. The minimum atomic E-state index is 0.280. The van der Waals surface area contributed by atoms with Gasteiger partial charge in [-0.25, -0.2) is 0 Å². The topological polar surface area (TPSA) is 33.3 Å². The molecular weight excluding hydrogens is 208 g/mol. The minimum Gasteiger partial charge on any atom is -0.383 e. The lowest BCUT2D eigenvalue weighted by Crippen LogP contribution is -2.47. The summed E-state index contributed by atoms with van der Waals surface area (Å²) in [5.74, 6) is 1.11. The largest absolute Gasteiger partial charge is 0.383 e. The van der Waals surface area contributed by atoms with Crippen molar-refractivity contribution in [3.63, 3.8) is 0 Å². The Hall–Kier alpha value is -0.350. The molecule has 1 atom stereocenters. The van der Waals surface area contributed by atoms with Gasteiger partial charge in [0.05, 0.1) is 12.6 Å². The molecule has 4 heteroatoms. The summed E-state index contributed by atoms with van der Waals surface area (Å²) in [6.07, 6.45) is 0. The molecule has 0 saturated carbocycles. The van der Waals surface area contributed by atoms with Crippen LogP contribution in [0.25, 0.3) is 0 Å². The van der Waals surface area contributed by atoms with Gasteiger partial charge in [0.15, 0.2) is 5.11 Å². The first-order chi connectivity index (χ1) is 6.97. The first-order valence-electron chi connectivity index (χ1n) is 5.50. The molecule has 0 fully saturated rings. The highest BCUT2D eigenvalue weighted by molar-refractivity contribution is 7.80. The van der Waals surface area contributed by atoms with E-state index >= 15 is 0 Å². The van der Waals surface area contributed by atoms with Gasteiger partial charge in [0.2, 0.25) is 0 Å². The average Bonchev–Trinajstić information content (AvgIpc) is 2.14. The maximum atomic E-state index is 5.20. The Morgan fingerprint density at radius 3 is 2.27 bits per heavy atom. The van der Waals surface area contributed by atoms with Gasteiger partial charge in [-0.1, -0.05) is 27.7 Å². The maximum absolute atomic E-state index is 5.20. The summed E-state index contributed by atoms with van der Waals surface area (Å²) in [5, 5.41) is 7.18. The van der Waals surface area contributed by atoms with E-state index in [2.05, 4.69) is 38.3 Å². The fraction of sp³-hybridized carbons (Fsp3) is 0.909. The molecule has 3 nitrogen and oxygen atoms in total. The van der Waals surface area contributed by atoms with Crippen LogP contribution in [-0.2, 0) is 4.74 Å². The number of ether oxygens (including phenoxy) is 1. The second kappa shape index (κ2) is 7.88. The van der Waals surface area contributed by atoms with E-state index in [4.69, 9.17) is 17.0 Å². The lowest BCUT2D eigenvalue weighted by molar-refractivity contribution is 0.156. The molecule has 1 unspecified atom stereocenters. The minimum absolute atomic E-state index is 0.280. The molecule has 15 heavy (non-hydrogen) atoms. The molecule has 2 N–H and O–H groups in total. The van der Waals surface area contributed by atoms with Crippen LogP contribution in [-0.4, -0.2) is 31.4 Å². The van der Waals surface area contributed by atoms with Crippen molar-refractivity contribution in [2.24, 2.45) is 11.8 Å². The summed E-state index contributed by atoms with van der Waals surface area (Å²) in [6.45, 7) is 10.2. The standard InChI is InChI=1S/C11H24N2OS/c1-8(2)6-12-11(15)13-10(7-14-5)9(3)4/h8-10H,6-7H2,1-5H3,(H2,12,13,15). The number of thiocarbonyl (C=S) groups is 1. The Morgan fingerprint density at radius 1 is 1.27 bits per heavy atom. The molecule has 0 amide bonds. The average molecular weight is 232 g/mol. The molecule has 0 aromatic rings. The summed E-state index contributed by atoms with van der Waals surface area (Å²) >= 11 is 5.20. The number of nitrogens with one attached hydrogen (secondary N) is 2.